The Kier molecular flexibility index (Phi) is 6.20. The van der Waals surface area contributed by atoms with Crippen LogP contribution in [0.4, 0.5) is 11.4 Å². The van der Waals surface area contributed by atoms with Crippen LogP contribution in [-0.2, 0) is 11.2 Å². The minimum Gasteiger partial charge on any atom is -0.367 e. The van der Waals surface area contributed by atoms with Gasteiger partial charge in [-0.25, -0.2) is 0 Å². The van der Waals surface area contributed by atoms with Gasteiger partial charge in [-0.1, -0.05) is 42.5 Å². The first-order valence-electron chi connectivity index (χ1n) is 8.79. The van der Waals surface area contributed by atoms with E-state index in [1.165, 1.54) is 0 Å². The summed E-state index contributed by atoms with van der Waals surface area (Å²) in [6.07, 6.45) is 0.308. The molecule has 2 N–H and O–H groups in total. The molecule has 0 aromatic heterocycles. The van der Waals surface area contributed by atoms with Crippen molar-refractivity contribution in [2.45, 2.75) is 6.42 Å². The first-order chi connectivity index (χ1) is 12.6. The maximum Gasteiger partial charge on any atom is 0.230 e. The highest BCUT2D eigenvalue weighted by Gasteiger charge is 2.17. The van der Waals surface area contributed by atoms with Gasteiger partial charge in [0.05, 0.1) is 17.8 Å². The Balaban J connectivity index is 1.60. The van der Waals surface area contributed by atoms with E-state index in [1.54, 1.807) is 0 Å². The van der Waals surface area contributed by atoms with Crippen molar-refractivity contribution < 1.29 is 4.79 Å². The second-order valence-electron chi connectivity index (χ2n) is 6.47. The summed E-state index contributed by atoms with van der Waals surface area (Å²) in [6.45, 7) is 4.02. The molecule has 1 heterocycles. The number of hydrogen-bond acceptors (Lipinski definition) is 4. The van der Waals surface area contributed by atoms with Gasteiger partial charge in [0.1, 0.15) is 0 Å². The molecule has 0 radical (unpaired) electrons. The van der Waals surface area contributed by atoms with E-state index in [-0.39, 0.29) is 5.91 Å². The first-order valence-corrected chi connectivity index (χ1v) is 9.20. The quantitative estimate of drug-likeness (QED) is 0.812. The molecule has 1 saturated heterocycles. The smallest absolute Gasteiger partial charge is 0.230 e. The van der Waals surface area contributed by atoms with Crippen molar-refractivity contribution in [2.75, 3.05) is 43.4 Å². The summed E-state index contributed by atoms with van der Waals surface area (Å²) < 4.78 is 0. The van der Waals surface area contributed by atoms with E-state index in [0.717, 1.165) is 43.1 Å². The average molecular weight is 369 g/mol. The third-order valence-electron chi connectivity index (χ3n) is 4.46. The molecule has 6 heteroatoms. The Morgan fingerprint density at radius 2 is 1.65 bits per heavy atom. The number of anilines is 2. The number of piperazine rings is 1. The van der Waals surface area contributed by atoms with Crippen LogP contribution >= 0.6 is 12.2 Å². The van der Waals surface area contributed by atoms with Crippen LogP contribution in [0.5, 0.6) is 0 Å². The van der Waals surface area contributed by atoms with Crippen molar-refractivity contribution in [3.8, 4) is 0 Å². The average Bonchev–Trinajstić information content (AvgIpc) is 2.63. The maximum atomic E-state index is 12.2. The molecule has 0 unspecified atom stereocenters. The highest BCUT2D eigenvalue weighted by Crippen LogP contribution is 2.26. The number of hydrogen-bond donors (Lipinski definition) is 2. The molecule has 3 rings (SSSR count). The fourth-order valence-electron chi connectivity index (χ4n) is 3.01. The minimum atomic E-state index is -0.120. The van der Waals surface area contributed by atoms with Crippen molar-refractivity contribution in [3.05, 3.63) is 60.2 Å². The lowest BCUT2D eigenvalue weighted by Crippen LogP contribution is -2.45. The number of amides is 1. The van der Waals surface area contributed by atoms with E-state index in [9.17, 15) is 4.79 Å². The summed E-state index contributed by atoms with van der Waals surface area (Å²) in [5.41, 5.74) is 2.99. The molecule has 0 atom stereocenters. The number of thiocarbonyl (C=S) groups is 1. The van der Waals surface area contributed by atoms with Gasteiger partial charge in [-0.3, -0.25) is 4.79 Å². The van der Waals surface area contributed by atoms with Crippen LogP contribution in [0.1, 0.15) is 5.56 Å². The molecule has 2 aromatic carbocycles. The minimum absolute atomic E-state index is 0.120. The van der Waals surface area contributed by atoms with Gasteiger partial charge in [0.15, 0.2) is 5.11 Å². The first kappa shape index (κ1) is 18.4. The highest BCUT2D eigenvalue weighted by molar-refractivity contribution is 7.80. The number of likely N-dealkylation sites (N-methyl/N-ethyl adjacent to an activating group) is 1. The predicted molar refractivity (Wildman–Crippen MR) is 111 cm³/mol. The Hall–Kier alpha value is -2.44. The largest absolute Gasteiger partial charge is 0.367 e. The number of nitrogens with one attached hydrogen (secondary N) is 2. The van der Waals surface area contributed by atoms with Crippen LogP contribution in [-0.4, -0.2) is 49.1 Å². The maximum absolute atomic E-state index is 12.2. The van der Waals surface area contributed by atoms with Crippen molar-refractivity contribution in [2.24, 2.45) is 0 Å². The lowest BCUT2D eigenvalue weighted by atomic mass is 10.1. The summed E-state index contributed by atoms with van der Waals surface area (Å²) in [4.78, 5) is 16.8. The van der Waals surface area contributed by atoms with Crippen LogP contribution in [0.25, 0.3) is 0 Å². The standard InChI is InChI=1S/C20H24N4OS/c1-23-11-13-24(14-12-23)18-10-6-5-9-17(18)21-20(26)22-19(25)15-16-7-3-2-4-8-16/h2-10H,11-15H2,1H3,(H2,21,22,25,26). The van der Waals surface area contributed by atoms with Crippen LogP contribution in [0.15, 0.2) is 54.6 Å². The lowest BCUT2D eigenvalue weighted by Gasteiger charge is -2.35. The number of nitrogens with zero attached hydrogens (tertiary/aromatic N) is 2. The molecule has 1 fully saturated rings. The SMILES string of the molecule is CN1CCN(c2ccccc2NC(=S)NC(=O)Cc2ccccc2)CC1. The summed E-state index contributed by atoms with van der Waals surface area (Å²) in [7, 11) is 2.14. The van der Waals surface area contributed by atoms with Gasteiger partial charge in [-0.05, 0) is 37.0 Å². The number of benzene rings is 2. The highest BCUT2D eigenvalue weighted by atomic mass is 32.1. The van der Waals surface area contributed by atoms with Crippen molar-refractivity contribution in [1.82, 2.24) is 10.2 Å². The molecule has 0 saturated carbocycles. The molecular formula is C20H24N4OS. The topological polar surface area (TPSA) is 47.6 Å². The molecule has 136 valence electrons. The van der Waals surface area contributed by atoms with E-state index in [2.05, 4.69) is 33.5 Å². The molecule has 5 nitrogen and oxygen atoms in total. The fraction of sp³-hybridized carbons (Fsp3) is 0.300. The molecule has 1 aliphatic rings. The van der Waals surface area contributed by atoms with Crippen molar-refractivity contribution >= 4 is 34.6 Å². The molecule has 1 amide bonds. The van der Waals surface area contributed by atoms with E-state index >= 15 is 0 Å². The molecular weight excluding hydrogens is 344 g/mol. The van der Waals surface area contributed by atoms with Crippen LogP contribution in [0.2, 0.25) is 0 Å². The van der Waals surface area contributed by atoms with Crippen LogP contribution in [0.3, 0.4) is 0 Å². The summed E-state index contributed by atoms with van der Waals surface area (Å²) >= 11 is 5.34. The third-order valence-corrected chi connectivity index (χ3v) is 4.66. The van der Waals surface area contributed by atoms with Gasteiger partial charge in [0.25, 0.3) is 0 Å². The van der Waals surface area contributed by atoms with E-state index in [4.69, 9.17) is 12.2 Å². The van der Waals surface area contributed by atoms with Gasteiger partial charge >= 0.3 is 0 Å². The second kappa shape index (κ2) is 8.78. The van der Waals surface area contributed by atoms with E-state index in [1.807, 2.05) is 48.5 Å². The molecule has 0 aliphatic carbocycles. The van der Waals surface area contributed by atoms with Gasteiger partial charge < -0.3 is 20.4 Å². The number of rotatable bonds is 4. The molecule has 1 aliphatic heterocycles. The Bertz CT molecular complexity index is 757. The summed E-state index contributed by atoms with van der Waals surface area (Å²) in [5, 5.41) is 6.28. The number of para-hydroxylation sites is 2. The fourth-order valence-corrected chi connectivity index (χ4v) is 3.23. The Morgan fingerprint density at radius 1 is 1.00 bits per heavy atom. The van der Waals surface area contributed by atoms with Crippen LogP contribution < -0.4 is 15.5 Å². The van der Waals surface area contributed by atoms with Crippen molar-refractivity contribution in [1.29, 1.82) is 0 Å². The molecule has 26 heavy (non-hydrogen) atoms. The molecule has 0 bridgehead atoms. The zero-order valence-corrected chi connectivity index (χ0v) is 15.8. The van der Waals surface area contributed by atoms with Gasteiger partial charge in [-0.15, -0.1) is 0 Å². The van der Waals surface area contributed by atoms with Gasteiger partial charge in [0, 0.05) is 26.2 Å². The molecule has 0 spiro atoms. The Morgan fingerprint density at radius 3 is 2.38 bits per heavy atom. The zero-order valence-electron chi connectivity index (χ0n) is 14.9. The van der Waals surface area contributed by atoms with E-state index in [0.29, 0.717) is 11.5 Å². The predicted octanol–water partition coefficient (Wildman–Crippen LogP) is 2.49. The Labute approximate surface area is 160 Å². The third kappa shape index (κ3) is 5.03. The van der Waals surface area contributed by atoms with Crippen molar-refractivity contribution in [3.63, 3.8) is 0 Å². The molecule has 2 aromatic rings. The van der Waals surface area contributed by atoms with Gasteiger partial charge in [0.2, 0.25) is 5.91 Å². The summed E-state index contributed by atoms with van der Waals surface area (Å²) in [5.74, 6) is -0.120. The normalized spacial score (nSPS) is 14.7. The number of carbonyl (C=O) groups excluding carboxylic acids is 1. The monoisotopic (exact) mass is 368 g/mol. The van der Waals surface area contributed by atoms with Gasteiger partial charge in [-0.2, -0.15) is 0 Å². The second-order valence-corrected chi connectivity index (χ2v) is 6.88. The lowest BCUT2D eigenvalue weighted by molar-refractivity contribution is -0.119. The van der Waals surface area contributed by atoms with Crippen LogP contribution in [0, 0.1) is 0 Å². The zero-order chi connectivity index (χ0) is 18.4. The van der Waals surface area contributed by atoms with E-state index < -0.39 is 0 Å². The number of carbonyl (C=O) groups is 1. The summed E-state index contributed by atoms with van der Waals surface area (Å²) in [6, 6.07) is 17.7.